The van der Waals surface area contributed by atoms with Crippen LogP contribution in [0.4, 0.5) is 5.69 Å². The second-order valence-corrected chi connectivity index (χ2v) is 8.48. The van der Waals surface area contributed by atoms with E-state index in [-0.39, 0.29) is 32.3 Å². The number of para-hydroxylation sites is 1. The molecule has 3 aromatic carbocycles. The van der Waals surface area contributed by atoms with Gasteiger partial charge in [-0.25, -0.2) is 8.42 Å². The van der Waals surface area contributed by atoms with Crippen molar-refractivity contribution in [1.29, 1.82) is 0 Å². The van der Waals surface area contributed by atoms with Crippen LogP contribution in [0.15, 0.2) is 76.5 Å². The summed E-state index contributed by atoms with van der Waals surface area (Å²) >= 11 is 0. The first-order chi connectivity index (χ1) is 13.8. The zero-order valence-corrected chi connectivity index (χ0v) is 16.1. The standard InChI is InChI=1S/C22H15NO5S/c1-13(24)15-6-2-4-8-18(15)23-22(26)14-10-11-17-20(12-14)29(27,28)19-9-5-3-7-16(19)21(17)25/h2-12H,1H3,(H,23,26). The van der Waals surface area contributed by atoms with Crippen LogP contribution < -0.4 is 5.32 Å². The van der Waals surface area contributed by atoms with Crippen LogP contribution in [-0.4, -0.2) is 25.9 Å². The number of amides is 1. The Morgan fingerprint density at radius 1 is 0.828 bits per heavy atom. The molecule has 1 N–H and O–H groups in total. The molecule has 0 saturated carbocycles. The lowest BCUT2D eigenvalue weighted by Gasteiger charge is -2.19. The lowest BCUT2D eigenvalue weighted by Crippen LogP contribution is -2.22. The summed E-state index contributed by atoms with van der Waals surface area (Å²) in [5.74, 6) is -1.20. The van der Waals surface area contributed by atoms with Crippen LogP contribution in [-0.2, 0) is 9.84 Å². The minimum absolute atomic E-state index is 0.0318. The number of carbonyl (C=O) groups excluding carboxylic acids is 3. The highest BCUT2D eigenvalue weighted by Gasteiger charge is 2.35. The van der Waals surface area contributed by atoms with Crippen LogP contribution in [0.1, 0.15) is 43.6 Å². The van der Waals surface area contributed by atoms with E-state index >= 15 is 0 Å². The fraction of sp³-hybridized carbons (Fsp3) is 0.0455. The highest BCUT2D eigenvalue weighted by atomic mass is 32.2. The van der Waals surface area contributed by atoms with Gasteiger partial charge in [0.15, 0.2) is 11.6 Å². The molecule has 1 heterocycles. The first kappa shape index (κ1) is 18.8. The Labute approximate surface area is 167 Å². The van der Waals surface area contributed by atoms with Crippen molar-refractivity contribution in [3.8, 4) is 0 Å². The van der Waals surface area contributed by atoms with E-state index in [0.717, 1.165) is 0 Å². The number of ketones is 2. The van der Waals surface area contributed by atoms with Crippen LogP contribution in [0.2, 0.25) is 0 Å². The minimum atomic E-state index is -3.94. The number of Topliss-reactive ketones (excluding diaryl/α,β-unsaturated/α-hetero) is 1. The van der Waals surface area contributed by atoms with E-state index in [4.69, 9.17) is 0 Å². The normalized spacial score (nSPS) is 13.9. The highest BCUT2D eigenvalue weighted by molar-refractivity contribution is 7.91. The van der Waals surface area contributed by atoms with E-state index in [2.05, 4.69) is 5.32 Å². The van der Waals surface area contributed by atoms with Crippen LogP contribution >= 0.6 is 0 Å². The van der Waals surface area contributed by atoms with Gasteiger partial charge in [-0.05, 0) is 49.4 Å². The molecule has 3 aromatic rings. The van der Waals surface area contributed by atoms with Crippen molar-refractivity contribution in [3.63, 3.8) is 0 Å². The van der Waals surface area contributed by atoms with E-state index in [0.29, 0.717) is 11.3 Å². The molecule has 144 valence electrons. The summed E-state index contributed by atoms with van der Waals surface area (Å²) in [4.78, 5) is 36.9. The summed E-state index contributed by atoms with van der Waals surface area (Å²) < 4.78 is 26.0. The topological polar surface area (TPSA) is 97.4 Å². The Kier molecular flexibility index (Phi) is 4.39. The molecule has 0 aliphatic carbocycles. The van der Waals surface area contributed by atoms with Gasteiger partial charge in [-0.15, -0.1) is 0 Å². The van der Waals surface area contributed by atoms with Crippen LogP contribution in [0.25, 0.3) is 0 Å². The lowest BCUT2D eigenvalue weighted by atomic mass is 10.0. The maximum atomic E-state index is 13.0. The predicted octanol–water partition coefficient (Wildman–Crippen LogP) is 3.52. The third-order valence-corrected chi connectivity index (χ3v) is 6.61. The Bertz CT molecular complexity index is 1310. The number of nitrogens with one attached hydrogen (secondary N) is 1. The molecule has 0 atom stereocenters. The predicted molar refractivity (Wildman–Crippen MR) is 106 cm³/mol. The fourth-order valence-electron chi connectivity index (χ4n) is 3.32. The molecule has 0 radical (unpaired) electrons. The van der Waals surface area contributed by atoms with Gasteiger partial charge in [-0.3, -0.25) is 14.4 Å². The minimum Gasteiger partial charge on any atom is -0.321 e. The molecule has 0 fully saturated rings. The zero-order chi connectivity index (χ0) is 20.8. The van der Waals surface area contributed by atoms with E-state index in [9.17, 15) is 22.8 Å². The van der Waals surface area contributed by atoms with Crippen molar-refractivity contribution < 1.29 is 22.8 Å². The van der Waals surface area contributed by atoms with Gasteiger partial charge in [0.1, 0.15) is 0 Å². The Morgan fingerprint density at radius 2 is 1.48 bits per heavy atom. The molecule has 7 heteroatoms. The Morgan fingerprint density at radius 3 is 2.24 bits per heavy atom. The zero-order valence-electron chi connectivity index (χ0n) is 15.3. The lowest BCUT2D eigenvalue weighted by molar-refractivity contribution is 0.101. The van der Waals surface area contributed by atoms with E-state index in [1.807, 2.05) is 0 Å². The molecule has 6 nitrogen and oxygen atoms in total. The molecular weight excluding hydrogens is 390 g/mol. The summed E-state index contributed by atoms with van der Waals surface area (Å²) in [5, 5.41) is 2.63. The average molecular weight is 405 g/mol. The smallest absolute Gasteiger partial charge is 0.255 e. The number of fused-ring (bicyclic) bond motifs is 2. The molecule has 0 saturated heterocycles. The number of anilines is 1. The van der Waals surface area contributed by atoms with Gasteiger partial charge >= 0.3 is 0 Å². The van der Waals surface area contributed by atoms with Gasteiger partial charge in [-0.2, -0.15) is 0 Å². The summed E-state index contributed by atoms with van der Waals surface area (Å²) in [6, 6.07) is 16.5. The van der Waals surface area contributed by atoms with Crippen LogP contribution in [0, 0.1) is 0 Å². The number of carbonyl (C=O) groups is 3. The Hall–Kier alpha value is -3.58. The van der Waals surface area contributed by atoms with E-state index in [1.54, 1.807) is 36.4 Å². The van der Waals surface area contributed by atoms with E-state index in [1.165, 1.54) is 37.3 Å². The van der Waals surface area contributed by atoms with Crippen LogP contribution in [0.5, 0.6) is 0 Å². The molecule has 0 bridgehead atoms. The number of rotatable bonds is 3. The van der Waals surface area contributed by atoms with Crippen molar-refractivity contribution in [1.82, 2.24) is 0 Å². The maximum absolute atomic E-state index is 13.0. The number of benzene rings is 3. The van der Waals surface area contributed by atoms with Gasteiger partial charge < -0.3 is 5.32 Å². The SMILES string of the molecule is CC(=O)c1ccccc1NC(=O)c1ccc2c(c1)S(=O)(=O)c1ccccc1C2=O. The first-order valence-corrected chi connectivity index (χ1v) is 10.2. The third-order valence-electron chi connectivity index (χ3n) is 4.75. The summed E-state index contributed by atoms with van der Waals surface area (Å²) in [6.07, 6.45) is 0. The van der Waals surface area contributed by atoms with Gasteiger partial charge in [0.2, 0.25) is 9.84 Å². The Balaban J connectivity index is 1.76. The van der Waals surface area contributed by atoms with Crippen molar-refractivity contribution in [2.24, 2.45) is 0 Å². The molecule has 0 spiro atoms. The molecule has 29 heavy (non-hydrogen) atoms. The van der Waals surface area contributed by atoms with Gasteiger partial charge in [0.05, 0.1) is 15.5 Å². The van der Waals surface area contributed by atoms with Gasteiger partial charge in [0, 0.05) is 22.3 Å². The van der Waals surface area contributed by atoms with Gasteiger partial charge in [0.25, 0.3) is 5.91 Å². The molecular formula is C22H15NO5S. The molecule has 0 unspecified atom stereocenters. The number of hydrogen-bond acceptors (Lipinski definition) is 5. The molecule has 1 aliphatic rings. The first-order valence-electron chi connectivity index (χ1n) is 8.75. The van der Waals surface area contributed by atoms with Crippen molar-refractivity contribution in [2.75, 3.05) is 5.32 Å². The second kappa shape index (κ2) is 6.79. The average Bonchev–Trinajstić information content (AvgIpc) is 2.72. The molecule has 0 aromatic heterocycles. The summed E-state index contributed by atoms with van der Waals surface area (Å²) in [7, 11) is -3.94. The quantitative estimate of drug-likeness (QED) is 0.526. The van der Waals surface area contributed by atoms with E-state index < -0.39 is 21.5 Å². The van der Waals surface area contributed by atoms with Crippen molar-refractivity contribution in [2.45, 2.75) is 16.7 Å². The second-order valence-electron chi connectivity index (χ2n) is 6.60. The summed E-state index contributed by atoms with van der Waals surface area (Å²) in [5.41, 5.74) is 0.886. The molecule has 1 amide bonds. The summed E-state index contributed by atoms with van der Waals surface area (Å²) in [6.45, 7) is 1.39. The largest absolute Gasteiger partial charge is 0.321 e. The monoisotopic (exact) mass is 405 g/mol. The van der Waals surface area contributed by atoms with Crippen LogP contribution in [0.3, 0.4) is 0 Å². The fourth-order valence-corrected chi connectivity index (χ4v) is 5.00. The van der Waals surface area contributed by atoms with Crippen molar-refractivity contribution in [3.05, 3.63) is 89.0 Å². The number of sulfone groups is 1. The number of hydrogen-bond donors (Lipinski definition) is 1. The molecule has 1 aliphatic heterocycles. The third kappa shape index (κ3) is 3.05. The van der Waals surface area contributed by atoms with Crippen molar-refractivity contribution >= 4 is 33.0 Å². The molecule has 4 rings (SSSR count). The highest BCUT2D eigenvalue weighted by Crippen LogP contribution is 2.34. The van der Waals surface area contributed by atoms with Gasteiger partial charge in [-0.1, -0.05) is 24.3 Å². The maximum Gasteiger partial charge on any atom is 0.255 e.